The molecule has 4 nitrogen and oxygen atoms in total. The van der Waals surface area contributed by atoms with Crippen molar-refractivity contribution in [3.63, 3.8) is 0 Å². The van der Waals surface area contributed by atoms with Gasteiger partial charge in [-0.15, -0.1) is 0 Å². The molecule has 0 aromatic rings. The number of rotatable bonds is 5. The minimum atomic E-state index is 0. The van der Waals surface area contributed by atoms with Crippen molar-refractivity contribution in [1.82, 2.24) is 12.3 Å². The van der Waals surface area contributed by atoms with Gasteiger partial charge >= 0.3 is 0 Å². The molecule has 0 aromatic heterocycles. The highest BCUT2D eigenvalue weighted by molar-refractivity contribution is 4.54. The molecule has 0 rings (SSSR count). The fraction of sp³-hybridized carbons (Fsp3) is 1.00. The average Bonchev–Trinajstić information content (AvgIpc) is 1.88. The third-order valence-electron chi connectivity index (χ3n) is 1.65. The van der Waals surface area contributed by atoms with Gasteiger partial charge in [-0.2, -0.15) is 0 Å². The fourth-order valence-corrected chi connectivity index (χ4v) is 0.918. The Morgan fingerprint density at radius 1 is 1.00 bits per heavy atom. The van der Waals surface area contributed by atoms with Crippen molar-refractivity contribution in [1.29, 1.82) is 0 Å². The van der Waals surface area contributed by atoms with Crippen LogP contribution in [0.2, 0.25) is 0 Å². The molecule has 11 heavy (non-hydrogen) atoms. The molecular formula is C7H22N2O2. The van der Waals surface area contributed by atoms with Crippen molar-refractivity contribution < 1.29 is 10.2 Å². The van der Waals surface area contributed by atoms with Gasteiger partial charge < -0.3 is 22.5 Å². The summed E-state index contributed by atoms with van der Waals surface area (Å²) in [6.07, 6.45) is 2.72. The molecule has 0 unspecified atom stereocenters. The van der Waals surface area contributed by atoms with E-state index in [-0.39, 0.29) is 25.5 Å². The summed E-state index contributed by atoms with van der Waals surface area (Å²) < 4.78 is 0. The summed E-state index contributed by atoms with van der Waals surface area (Å²) in [7, 11) is 0. The summed E-state index contributed by atoms with van der Waals surface area (Å²) >= 11 is 0. The summed E-state index contributed by atoms with van der Waals surface area (Å²) in [6.45, 7) is 2.58. The van der Waals surface area contributed by atoms with E-state index >= 15 is 0 Å². The standard InChI is InChI=1S/C7H16O2.2H3N/c1-2-7(3-5-8)4-6-9;;/h7-9H,2-6H2,1H3;2*1H3. The Hall–Kier alpha value is -0.160. The maximum absolute atomic E-state index is 8.51. The van der Waals surface area contributed by atoms with E-state index in [1.54, 1.807) is 0 Å². The Morgan fingerprint density at radius 3 is 1.55 bits per heavy atom. The Bertz CT molecular complexity index is 56.4. The van der Waals surface area contributed by atoms with Crippen molar-refractivity contribution in [2.24, 2.45) is 5.92 Å². The Kier molecular flexibility index (Phi) is 19.4. The van der Waals surface area contributed by atoms with Crippen molar-refractivity contribution in [2.75, 3.05) is 13.2 Å². The van der Waals surface area contributed by atoms with E-state index in [4.69, 9.17) is 10.2 Å². The van der Waals surface area contributed by atoms with Crippen LogP contribution in [0.1, 0.15) is 26.2 Å². The molecule has 72 valence electrons. The molecule has 0 radical (unpaired) electrons. The monoisotopic (exact) mass is 166 g/mol. The molecule has 0 aliphatic carbocycles. The zero-order chi connectivity index (χ0) is 7.11. The van der Waals surface area contributed by atoms with Gasteiger partial charge in [0, 0.05) is 13.2 Å². The van der Waals surface area contributed by atoms with E-state index in [2.05, 4.69) is 6.92 Å². The minimum Gasteiger partial charge on any atom is -0.396 e. The topological polar surface area (TPSA) is 110 Å². The second kappa shape index (κ2) is 12.5. The van der Waals surface area contributed by atoms with Crippen LogP contribution < -0.4 is 12.3 Å². The van der Waals surface area contributed by atoms with Gasteiger partial charge in [0.05, 0.1) is 0 Å². The Labute approximate surface area is 68.8 Å². The summed E-state index contributed by atoms with van der Waals surface area (Å²) in [5.74, 6) is 0.514. The van der Waals surface area contributed by atoms with E-state index in [0.717, 1.165) is 19.3 Å². The van der Waals surface area contributed by atoms with Gasteiger partial charge in [-0.05, 0) is 18.8 Å². The zero-order valence-corrected chi connectivity index (χ0v) is 7.42. The molecule has 0 saturated heterocycles. The van der Waals surface area contributed by atoms with Gasteiger partial charge in [-0.3, -0.25) is 0 Å². The molecule has 0 atom stereocenters. The summed E-state index contributed by atoms with van der Waals surface area (Å²) in [5.41, 5.74) is 0. The first-order valence-electron chi connectivity index (χ1n) is 3.56. The van der Waals surface area contributed by atoms with Crippen LogP contribution in [0.4, 0.5) is 0 Å². The first-order chi connectivity index (χ1) is 4.35. The van der Waals surface area contributed by atoms with E-state index < -0.39 is 0 Å². The van der Waals surface area contributed by atoms with Crippen molar-refractivity contribution in [2.45, 2.75) is 26.2 Å². The first-order valence-corrected chi connectivity index (χ1v) is 3.56. The smallest absolute Gasteiger partial charge is 0.0433 e. The second-order valence-electron chi connectivity index (χ2n) is 2.30. The molecule has 0 bridgehead atoms. The van der Waals surface area contributed by atoms with Gasteiger partial charge in [-0.1, -0.05) is 13.3 Å². The lowest BCUT2D eigenvalue weighted by Crippen LogP contribution is -2.03. The third kappa shape index (κ3) is 9.84. The van der Waals surface area contributed by atoms with Crippen LogP contribution in [0.25, 0.3) is 0 Å². The highest BCUT2D eigenvalue weighted by Gasteiger charge is 2.02. The Morgan fingerprint density at radius 2 is 1.36 bits per heavy atom. The molecule has 0 aliphatic rings. The predicted octanol–water partition coefficient (Wildman–Crippen LogP) is 1.10. The van der Waals surface area contributed by atoms with Gasteiger partial charge in [0.15, 0.2) is 0 Å². The van der Waals surface area contributed by atoms with Crippen LogP contribution in [0.15, 0.2) is 0 Å². The maximum atomic E-state index is 8.51. The maximum Gasteiger partial charge on any atom is 0.0433 e. The molecule has 0 spiro atoms. The highest BCUT2D eigenvalue weighted by atomic mass is 16.3. The number of aliphatic hydroxyl groups excluding tert-OH is 2. The van der Waals surface area contributed by atoms with Crippen LogP contribution in [-0.4, -0.2) is 23.4 Å². The SMILES string of the molecule is CCC(CCO)CCO.N.N. The second-order valence-corrected chi connectivity index (χ2v) is 2.30. The molecule has 0 fully saturated rings. The van der Waals surface area contributed by atoms with Gasteiger partial charge in [0.1, 0.15) is 0 Å². The molecule has 0 aliphatic heterocycles. The predicted molar refractivity (Wildman–Crippen MR) is 47.2 cm³/mol. The van der Waals surface area contributed by atoms with Gasteiger partial charge in [-0.25, -0.2) is 0 Å². The van der Waals surface area contributed by atoms with E-state index in [9.17, 15) is 0 Å². The lowest BCUT2D eigenvalue weighted by atomic mass is 10.00. The lowest BCUT2D eigenvalue weighted by Gasteiger charge is -2.09. The summed E-state index contributed by atoms with van der Waals surface area (Å²) in [4.78, 5) is 0. The van der Waals surface area contributed by atoms with Gasteiger partial charge in [0.25, 0.3) is 0 Å². The first kappa shape index (κ1) is 17.1. The van der Waals surface area contributed by atoms with Gasteiger partial charge in [0.2, 0.25) is 0 Å². The largest absolute Gasteiger partial charge is 0.396 e. The zero-order valence-electron chi connectivity index (χ0n) is 7.42. The van der Waals surface area contributed by atoms with E-state index in [1.807, 2.05) is 0 Å². The Balaban J connectivity index is -0.000000320. The molecule has 0 amide bonds. The molecule has 4 heteroatoms. The van der Waals surface area contributed by atoms with Crippen LogP contribution in [0.5, 0.6) is 0 Å². The number of hydrogen-bond acceptors (Lipinski definition) is 4. The van der Waals surface area contributed by atoms with Crippen LogP contribution in [0, 0.1) is 5.92 Å². The molecule has 0 saturated carbocycles. The molecule has 8 N–H and O–H groups in total. The molecule has 0 heterocycles. The van der Waals surface area contributed by atoms with E-state index in [0.29, 0.717) is 5.92 Å². The van der Waals surface area contributed by atoms with Crippen LogP contribution >= 0.6 is 0 Å². The number of hydrogen-bond donors (Lipinski definition) is 4. The highest BCUT2D eigenvalue weighted by Crippen LogP contribution is 2.10. The fourth-order valence-electron chi connectivity index (χ4n) is 0.918. The lowest BCUT2D eigenvalue weighted by molar-refractivity contribution is 0.213. The van der Waals surface area contributed by atoms with Crippen molar-refractivity contribution >= 4 is 0 Å². The van der Waals surface area contributed by atoms with E-state index in [1.165, 1.54) is 0 Å². The quantitative estimate of drug-likeness (QED) is 0.490. The molecular weight excluding hydrogens is 144 g/mol. The normalized spacial score (nSPS) is 8.73. The minimum absolute atomic E-state index is 0. The van der Waals surface area contributed by atoms with Crippen molar-refractivity contribution in [3.8, 4) is 0 Å². The molecule has 0 aromatic carbocycles. The summed E-state index contributed by atoms with van der Waals surface area (Å²) in [6, 6.07) is 0. The van der Waals surface area contributed by atoms with Crippen molar-refractivity contribution in [3.05, 3.63) is 0 Å². The van der Waals surface area contributed by atoms with Crippen LogP contribution in [0.3, 0.4) is 0 Å². The third-order valence-corrected chi connectivity index (χ3v) is 1.65. The number of aliphatic hydroxyl groups is 2. The summed E-state index contributed by atoms with van der Waals surface area (Å²) in [5, 5.41) is 17.0. The average molecular weight is 166 g/mol. The van der Waals surface area contributed by atoms with Crippen LogP contribution in [-0.2, 0) is 0 Å².